The summed E-state index contributed by atoms with van der Waals surface area (Å²) < 4.78 is 0. The zero-order chi connectivity index (χ0) is 11.1. The second-order valence-corrected chi connectivity index (χ2v) is 3.80. The predicted octanol–water partition coefficient (Wildman–Crippen LogP) is 2.13. The highest BCUT2D eigenvalue weighted by atomic mass is 14.9. The standard InChI is InChI=1S/C13H17N3/c1-2-5-12(6-3-1)11-14-8-4-7-13-15-9-10-16-13/h1-3,5-6,9-10,14H,4,7-8,11H2,(H,15,16). The molecule has 2 aromatic rings. The first kappa shape index (κ1) is 10.9. The summed E-state index contributed by atoms with van der Waals surface area (Å²) in [6.45, 7) is 1.97. The molecule has 3 heteroatoms. The second kappa shape index (κ2) is 6.08. The first-order valence-electron chi connectivity index (χ1n) is 5.68. The Bertz CT molecular complexity index is 381. The molecule has 1 aromatic carbocycles. The molecule has 2 rings (SSSR count). The Hall–Kier alpha value is -1.61. The van der Waals surface area contributed by atoms with Crippen molar-refractivity contribution in [2.24, 2.45) is 0 Å². The summed E-state index contributed by atoms with van der Waals surface area (Å²) in [4.78, 5) is 7.30. The Labute approximate surface area is 95.9 Å². The van der Waals surface area contributed by atoms with Crippen molar-refractivity contribution in [1.29, 1.82) is 0 Å². The largest absolute Gasteiger partial charge is 0.349 e. The number of rotatable bonds is 6. The molecule has 0 fully saturated rings. The van der Waals surface area contributed by atoms with E-state index in [1.54, 1.807) is 6.20 Å². The molecule has 0 radical (unpaired) electrons. The third-order valence-electron chi connectivity index (χ3n) is 2.49. The van der Waals surface area contributed by atoms with Crippen LogP contribution in [0.15, 0.2) is 42.7 Å². The smallest absolute Gasteiger partial charge is 0.106 e. The van der Waals surface area contributed by atoms with Crippen molar-refractivity contribution in [3.8, 4) is 0 Å². The molecular weight excluding hydrogens is 198 g/mol. The number of H-pyrrole nitrogens is 1. The quantitative estimate of drug-likeness (QED) is 0.725. The molecule has 0 spiro atoms. The molecule has 16 heavy (non-hydrogen) atoms. The summed E-state index contributed by atoms with van der Waals surface area (Å²) in [6.07, 6.45) is 5.79. The number of nitrogens with zero attached hydrogens (tertiary/aromatic N) is 1. The SMILES string of the molecule is c1ccc(CNCCCc2ncc[nH]2)cc1. The molecule has 0 bridgehead atoms. The van der Waals surface area contributed by atoms with E-state index < -0.39 is 0 Å². The van der Waals surface area contributed by atoms with Crippen LogP contribution < -0.4 is 5.32 Å². The number of aromatic nitrogens is 2. The molecule has 3 nitrogen and oxygen atoms in total. The van der Waals surface area contributed by atoms with Gasteiger partial charge < -0.3 is 10.3 Å². The summed E-state index contributed by atoms with van der Waals surface area (Å²) in [5.41, 5.74) is 1.33. The highest BCUT2D eigenvalue weighted by Crippen LogP contribution is 1.98. The molecule has 0 saturated heterocycles. The summed E-state index contributed by atoms with van der Waals surface area (Å²) >= 11 is 0. The van der Waals surface area contributed by atoms with E-state index in [9.17, 15) is 0 Å². The maximum Gasteiger partial charge on any atom is 0.106 e. The number of benzene rings is 1. The highest BCUT2D eigenvalue weighted by Gasteiger charge is 1.94. The van der Waals surface area contributed by atoms with Crippen LogP contribution in [0.25, 0.3) is 0 Å². The van der Waals surface area contributed by atoms with Crippen LogP contribution in [-0.4, -0.2) is 16.5 Å². The van der Waals surface area contributed by atoms with E-state index in [1.807, 2.05) is 12.3 Å². The lowest BCUT2D eigenvalue weighted by atomic mass is 10.2. The zero-order valence-corrected chi connectivity index (χ0v) is 9.32. The molecule has 0 amide bonds. The van der Waals surface area contributed by atoms with Gasteiger partial charge in [-0.25, -0.2) is 4.98 Å². The Morgan fingerprint density at radius 2 is 2.06 bits per heavy atom. The first-order chi connectivity index (χ1) is 7.95. The van der Waals surface area contributed by atoms with Crippen molar-refractivity contribution in [2.75, 3.05) is 6.54 Å². The van der Waals surface area contributed by atoms with Crippen LogP contribution in [0.1, 0.15) is 17.8 Å². The van der Waals surface area contributed by atoms with Crippen molar-refractivity contribution in [2.45, 2.75) is 19.4 Å². The van der Waals surface area contributed by atoms with E-state index in [4.69, 9.17) is 0 Å². The van der Waals surface area contributed by atoms with Gasteiger partial charge in [0, 0.05) is 25.4 Å². The molecule has 0 saturated carbocycles. The van der Waals surface area contributed by atoms with Crippen molar-refractivity contribution >= 4 is 0 Å². The lowest BCUT2D eigenvalue weighted by Crippen LogP contribution is -2.15. The monoisotopic (exact) mass is 215 g/mol. The molecule has 0 aliphatic heterocycles. The van der Waals surface area contributed by atoms with Gasteiger partial charge in [0.2, 0.25) is 0 Å². The molecule has 84 valence electrons. The van der Waals surface area contributed by atoms with E-state index in [0.29, 0.717) is 0 Å². The zero-order valence-electron chi connectivity index (χ0n) is 9.32. The minimum Gasteiger partial charge on any atom is -0.349 e. The Morgan fingerprint density at radius 1 is 1.19 bits per heavy atom. The number of aryl methyl sites for hydroxylation is 1. The van der Waals surface area contributed by atoms with Gasteiger partial charge in [0.05, 0.1) is 0 Å². The highest BCUT2D eigenvalue weighted by molar-refractivity contribution is 5.14. The average molecular weight is 215 g/mol. The maximum absolute atomic E-state index is 4.19. The summed E-state index contributed by atoms with van der Waals surface area (Å²) in [5, 5.41) is 3.42. The van der Waals surface area contributed by atoms with Gasteiger partial charge in [-0.15, -0.1) is 0 Å². The van der Waals surface area contributed by atoms with Crippen LogP contribution in [0.3, 0.4) is 0 Å². The molecule has 2 N–H and O–H groups in total. The topological polar surface area (TPSA) is 40.7 Å². The van der Waals surface area contributed by atoms with Crippen LogP contribution in [0, 0.1) is 0 Å². The van der Waals surface area contributed by atoms with Gasteiger partial charge >= 0.3 is 0 Å². The molecule has 0 aliphatic rings. The van der Waals surface area contributed by atoms with Crippen LogP contribution in [-0.2, 0) is 13.0 Å². The van der Waals surface area contributed by atoms with Gasteiger partial charge in [-0.1, -0.05) is 30.3 Å². The maximum atomic E-state index is 4.19. The van der Waals surface area contributed by atoms with Gasteiger partial charge in [0.15, 0.2) is 0 Å². The van der Waals surface area contributed by atoms with Gasteiger partial charge in [-0.05, 0) is 18.5 Å². The number of imidazole rings is 1. The van der Waals surface area contributed by atoms with Crippen molar-refractivity contribution in [3.05, 3.63) is 54.1 Å². The number of aromatic amines is 1. The third kappa shape index (κ3) is 3.51. The average Bonchev–Trinajstić information content (AvgIpc) is 2.83. The van der Waals surface area contributed by atoms with Crippen LogP contribution in [0.2, 0.25) is 0 Å². The minimum atomic E-state index is 0.943. The molecule has 1 heterocycles. The van der Waals surface area contributed by atoms with Gasteiger partial charge in [-0.3, -0.25) is 0 Å². The fourth-order valence-electron chi connectivity index (χ4n) is 1.64. The fourth-order valence-corrected chi connectivity index (χ4v) is 1.64. The summed E-state index contributed by atoms with van der Waals surface area (Å²) in [5.74, 6) is 1.07. The minimum absolute atomic E-state index is 0.943. The van der Waals surface area contributed by atoms with E-state index in [1.165, 1.54) is 5.56 Å². The Morgan fingerprint density at radius 3 is 2.81 bits per heavy atom. The summed E-state index contributed by atoms with van der Waals surface area (Å²) in [7, 11) is 0. The van der Waals surface area contributed by atoms with E-state index in [0.717, 1.165) is 31.8 Å². The van der Waals surface area contributed by atoms with Crippen LogP contribution in [0.5, 0.6) is 0 Å². The van der Waals surface area contributed by atoms with Crippen molar-refractivity contribution < 1.29 is 0 Å². The predicted molar refractivity (Wildman–Crippen MR) is 65.1 cm³/mol. The van der Waals surface area contributed by atoms with Crippen molar-refractivity contribution in [1.82, 2.24) is 15.3 Å². The molecule has 0 unspecified atom stereocenters. The normalized spacial score (nSPS) is 10.5. The molecular formula is C13H17N3. The van der Waals surface area contributed by atoms with Gasteiger partial charge in [0.1, 0.15) is 5.82 Å². The Balaban J connectivity index is 1.59. The summed E-state index contributed by atoms with van der Waals surface area (Å²) in [6, 6.07) is 10.5. The lowest BCUT2D eigenvalue weighted by Gasteiger charge is -2.03. The fraction of sp³-hybridized carbons (Fsp3) is 0.308. The number of hydrogen-bond donors (Lipinski definition) is 2. The van der Waals surface area contributed by atoms with E-state index >= 15 is 0 Å². The van der Waals surface area contributed by atoms with Crippen LogP contribution >= 0.6 is 0 Å². The van der Waals surface area contributed by atoms with Crippen molar-refractivity contribution in [3.63, 3.8) is 0 Å². The van der Waals surface area contributed by atoms with E-state index in [-0.39, 0.29) is 0 Å². The molecule has 0 atom stereocenters. The van der Waals surface area contributed by atoms with Crippen LogP contribution in [0.4, 0.5) is 0 Å². The first-order valence-corrected chi connectivity index (χ1v) is 5.68. The molecule has 0 aliphatic carbocycles. The van der Waals surface area contributed by atoms with Gasteiger partial charge in [0.25, 0.3) is 0 Å². The Kier molecular flexibility index (Phi) is 4.14. The third-order valence-corrected chi connectivity index (χ3v) is 2.49. The molecule has 1 aromatic heterocycles. The van der Waals surface area contributed by atoms with E-state index in [2.05, 4.69) is 39.6 Å². The number of nitrogens with one attached hydrogen (secondary N) is 2. The second-order valence-electron chi connectivity index (χ2n) is 3.80. The lowest BCUT2D eigenvalue weighted by molar-refractivity contribution is 0.641. The number of hydrogen-bond acceptors (Lipinski definition) is 2. The van der Waals surface area contributed by atoms with Gasteiger partial charge in [-0.2, -0.15) is 0 Å².